The van der Waals surface area contributed by atoms with Crippen molar-refractivity contribution >= 4 is 15.9 Å². The number of aryl methyl sites for hydroxylation is 1. The molecule has 0 heterocycles. The van der Waals surface area contributed by atoms with Gasteiger partial charge >= 0.3 is 36.1 Å². The van der Waals surface area contributed by atoms with E-state index in [0.29, 0.717) is 11.0 Å². The molecule has 1 atom stereocenters. The minimum Gasteiger partial charge on any atom is -0.272 e. The van der Waals surface area contributed by atoms with Crippen molar-refractivity contribution in [2.45, 2.75) is 42.1 Å². The van der Waals surface area contributed by atoms with Crippen molar-refractivity contribution in [3.63, 3.8) is 0 Å². The van der Waals surface area contributed by atoms with Gasteiger partial charge in [0, 0.05) is 0 Å². The van der Waals surface area contributed by atoms with Crippen LogP contribution in [0.15, 0.2) is 29.2 Å². The molecule has 1 amide bonds. The molecule has 1 aromatic carbocycles. The number of ether oxygens (including phenoxy) is 1. The maximum atomic E-state index is 14.0. The second kappa shape index (κ2) is 8.05. The molecule has 0 fully saturated rings. The molecule has 0 radical (unpaired) electrons. The fourth-order valence-corrected chi connectivity index (χ4v) is 2.45. The van der Waals surface area contributed by atoms with E-state index in [0.717, 1.165) is 29.1 Å². The number of benzene rings is 1. The molecular weight excluding hydrogens is 489 g/mol. The maximum Gasteiger partial charge on any atom is 0.462 e. The number of nitrogens with one attached hydrogen (secondary N) is 2. The first-order valence-electron chi connectivity index (χ1n) is 7.25. The van der Waals surface area contributed by atoms with E-state index < -0.39 is 51.1 Å². The zero-order chi connectivity index (χ0) is 24.7. The van der Waals surface area contributed by atoms with Crippen LogP contribution in [0, 0.1) is 6.92 Å². The molecule has 0 saturated carbocycles. The molecule has 0 spiro atoms. The van der Waals surface area contributed by atoms with Crippen molar-refractivity contribution in [2.24, 2.45) is 0 Å². The highest BCUT2D eigenvalue weighted by atomic mass is 32.2. The highest BCUT2D eigenvalue weighted by molar-refractivity contribution is 7.89. The topological polar surface area (TPSA) is 84.5 Å². The summed E-state index contributed by atoms with van der Waals surface area (Å²) in [6.45, 7) is 1.49. The largest absolute Gasteiger partial charge is 0.462 e. The average Bonchev–Trinajstić information content (AvgIpc) is 2.57. The molecule has 0 saturated heterocycles. The first kappa shape index (κ1) is 26.8. The zero-order valence-corrected chi connectivity index (χ0v) is 15.3. The SMILES string of the molecule is Cc1ccc(S(=O)(=O)NNC(=O)[C@](F)(OC(F)(F)C(F)(F)C(F)(F)F)C(F)(F)F)cc1. The summed E-state index contributed by atoms with van der Waals surface area (Å²) in [4.78, 5) is 11.5. The second-order valence-electron chi connectivity index (χ2n) is 5.66. The van der Waals surface area contributed by atoms with Gasteiger partial charge in [-0.25, -0.2) is 8.42 Å². The summed E-state index contributed by atoms with van der Waals surface area (Å²) in [7, 11) is -4.96. The van der Waals surface area contributed by atoms with Gasteiger partial charge in [0.2, 0.25) is 0 Å². The van der Waals surface area contributed by atoms with Crippen LogP contribution in [0.1, 0.15) is 5.56 Å². The first-order chi connectivity index (χ1) is 13.6. The van der Waals surface area contributed by atoms with Crippen molar-refractivity contribution in [2.75, 3.05) is 0 Å². The number of hydrazine groups is 1. The Morgan fingerprint density at radius 2 is 1.29 bits per heavy atom. The van der Waals surface area contributed by atoms with Crippen LogP contribution >= 0.6 is 0 Å². The van der Waals surface area contributed by atoms with Crippen LogP contribution in [0.3, 0.4) is 0 Å². The van der Waals surface area contributed by atoms with E-state index in [1.54, 1.807) is 0 Å². The summed E-state index contributed by atoms with van der Waals surface area (Å²) >= 11 is 0. The van der Waals surface area contributed by atoms with E-state index in [1.807, 2.05) is 4.74 Å². The Kier molecular flexibility index (Phi) is 6.96. The highest BCUT2D eigenvalue weighted by Gasteiger charge is 2.79. The first-order valence-corrected chi connectivity index (χ1v) is 8.74. The quantitative estimate of drug-likeness (QED) is 0.447. The molecule has 31 heavy (non-hydrogen) atoms. The van der Waals surface area contributed by atoms with Gasteiger partial charge in [-0.1, -0.05) is 17.7 Å². The molecule has 0 aliphatic carbocycles. The Hall–Kier alpha value is -2.21. The van der Waals surface area contributed by atoms with Gasteiger partial charge in [-0.15, -0.1) is 4.83 Å². The third-order valence-corrected chi connectivity index (χ3v) is 4.54. The van der Waals surface area contributed by atoms with Gasteiger partial charge in [-0.2, -0.15) is 48.3 Å². The molecule has 0 aromatic heterocycles. The second-order valence-corrected chi connectivity index (χ2v) is 7.34. The lowest BCUT2D eigenvalue weighted by atomic mass is 10.2. The Morgan fingerprint density at radius 1 is 0.839 bits per heavy atom. The lowest BCUT2D eigenvalue weighted by Gasteiger charge is -2.34. The van der Waals surface area contributed by atoms with Crippen LogP contribution in [0.5, 0.6) is 0 Å². The molecule has 0 aliphatic rings. The van der Waals surface area contributed by atoms with Crippen LogP contribution in [-0.2, 0) is 19.6 Å². The minimum absolute atomic E-state index is 0.440. The molecule has 0 unspecified atom stereocenters. The summed E-state index contributed by atoms with van der Waals surface area (Å²) in [5, 5.41) is 0. The normalized spacial score (nSPS) is 16.0. The summed E-state index contributed by atoms with van der Waals surface area (Å²) < 4.78 is 166. The third-order valence-electron chi connectivity index (χ3n) is 3.28. The Bertz CT molecular complexity index is 913. The van der Waals surface area contributed by atoms with Gasteiger partial charge in [-0.3, -0.25) is 15.0 Å². The number of halogens is 11. The monoisotopic (exact) mass is 498 g/mol. The van der Waals surface area contributed by atoms with Gasteiger partial charge in [0.05, 0.1) is 4.90 Å². The summed E-state index contributed by atoms with van der Waals surface area (Å²) in [5.74, 6) is -17.4. The summed E-state index contributed by atoms with van der Waals surface area (Å²) in [5.41, 5.74) is 0.929. The molecule has 0 aliphatic heterocycles. The number of hydrogen-bond acceptors (Lipinski definition) is 4. The van der Waals surface area contributed by atoms with Gasteiger partial charge in [-0.05, 0) is 19.1 Å². The van der Waals surface area contributed by atoms with E-state index in [9.17, 15) is 61.5 Å². The van der Waals surface area contributed by atoms with Crippen LogP contribution < -0.4 is 10.3 Å². The molecular formula is C13H9F11N2O4S. The molecule has 178 valence electrons. The number of amides is 1. The predicted molar refractivity (Wildman–Crippen MR) is 76.6 cm³/mol. The molecule has 1 rings (SSSR count). The Labute approximate surface area is 165 Å². The average molecular weight is 498 g/mol. The van der Waals surface area contributed by atoms with Crippen LogP contribution in [0.2, 0.25) is 0 Å². The number of alkyl halides is 11. The number of hydrogen-bond donors (Lipinski definition) is 2. The van der Waals surface area contributed by atoms with Gasteiger partial charge < -0.3 is 0 Å². The van der Waals surface area contributed by atoms with Crippen LogP contribution in [0.25, 0.3) is 0 Å². The summed E-state index contributed by atoms with van der Waals surface area (Å²) in [6, 6.07) is 4.00. The number of rotatable bonds is 7. The molecule has 0 bridgehead atoms. The van der Waals surface area contributed by atoms with Crippen LogP contribution in [0.4, 0.5) is 48.3 Å². The van der Waals surface area contributed by atoms with Gasteiger partial charge in [0.1, 0.15) is 0 Å². The van der Waals surface area contributed by atoms with Crippen LogP contribution in [-0.4, -0.2) is 44.6 Å². The van der Waals surface area contributed by atoms with E-state index >= 15 is 0 Å². The lowest BCUT2D eigenvalue weighted by molar-refractivity contribution is -0.473. The minimum atomic E-state index is -7.37. The van der Waals surface area contributed by atoms with E-state index in [4.69, 9.17) is 0 Å². The fraction of sp³-hybridized carbons (Fsp3) is 0.462. The van der Waals surface area contributed by atoms with Crippen molar-refractivity contribution < 1.29 is 66.2 Å². The number of sulfonamides is 1. The predicted octanol–water partition coefficient (Wildman–Crippen LogP) is 3.34. The smallest absolute Gasteiger partial charge is 0.272 e. The van der Waals surface area contributed by atoms with Crippen molar-refractivity contribution in [3.8, 4) is 0 Å². The molecule has 2 N–H and O–H groups in total. The van der Waals surface area contributed by atoms with E-state index in [-0.39, 0.29) is 0 Å². The maximum absolute atomic E-state index is 14.0. The Morgan fingerprint density at radius 3 is 1.68 bits per heavy atom. The highest BCUT2D eigenvalue weighted by Crippen LogP contribution is 2.50. The fourth-order valence-electron chi connectivity index (χ4n) is 1.61. The van der Waals surface area contributed by atoms with Gasteiger partial charge in [0.15, 0.2) is 0 Å². The van der Waals surface area contributed by atoms with E-state index in [2.05, 4.69) is 0 Å². The van der Waals surface area contributed by atoms with Crippen molar-refractivity contribution in [3.05, 3.63) is 29.8 Å². The van der Waals surface area contributed by atoms with E-state index in [1.165, 1.54) is 6.92 Å². The Balaban J connectivity index is 3.22. The molecule has 18 heteroatoms. The lowest BCUT2D eigenvalue weighted by Crippen LogP contribution is -2.65. The van der Waals surface area contributed by atoms with Crippen molar-refractivity contribution in [1.29, 1.82) is 0 Å². The summed E-state index contributed by atoms with van der Waals surface area (Å²) in [6.07, 6.45) is -21.4. The zero-order valence-electron chi connectivity index (χ0n) is 14.5. The number of carbonyl (C=O) groups excluding carboxylic acids is 1. The number of carbonyl (C=O) groups is 1. The standard InChI is InChI=1S/C13H9F11N2O4S/c1-6-2-4-7(5-3-6)31(28,29)26-25-8(27)9(14,11(17,18)19)30-13(23,24)10(15,16)12(20,21)22/h2-5,26H,1H3,(H,25,27)/t9-/m0/s1. The van der Waals surface area contributed by atoms with Gasteiger partial charge in [0.25, 0.3) is 10.0 Å². The third kappa shape index (κ3) is 5.35. The molecule has 6 nitrogen and oxygen atoms in total. The molecule has 1 aromatic rings. The van der Waals surface area contributed by atoms with Crippen molar-refractivity contribution in [1.82, 2.24) is 10.3 Å².